The predicted molar refractivity (Wildman–Crippen MR) is 51.1 cm³/mol. The molecule has 0 aromatic heterocycles. The maximum Gasteiger partial charge on any atom is 0.123 e. The fraction of sp³-hybridized carbons (Fsp3) is 0.455. The van der Waals surface area contributed by atoms with Crippen molar-refractivity contribution in [2.24, 2.45) is 0 Å². The van der Waals surface area contributed by atoms with Crippen LogP contribution in [-0.2, 0) is 0 Å². The van der Waals surface area contributed by atoms with Gasteiger partial charge < -0.3 is 5.11 Å². The van der Waals surface area contributed by atoms with Crippen molar-refractivity contribution in [2.75, 3.05) is 0 Å². The normalized spacial score (nSPS) is 15.4. The maximum absolute atomic E-state index is 12.6. The van der Waals surface area contributed by atoms with Gasteiger partial charge in [-0.05, 0) is 31.0 Å². The molecule has 2 heteroatoms. The van der Waals surface area contributed by atoms with E-state index in [2.05, 4.69) is 0 Å². The number of hydrogen-bond donors (Lipinski definition) is 1. The molecule has 0 saturated heterocycles. The lowest BCUT2D eigenvalue weighted by Crippen LogP contribution is -2.13. The van der Waals surface area contributed by atoms with Gasteiger partial charge >= 0.3 is 0 Å². The smallest absolute Gasteiger partial charge is 0.123 e. The highest BCUT2D eigenvalue weighted by Gasteiger charge is 2.14. The summed E-state index contributed by atoms with van der Waals surface area (Å²) in [6, 6.07) is 6.33. The van der Waals surface area contributed by atoms with E-state index in [0.717, 1.165) is 12.0 Å². The highest BCUT2D eigenvalue weighted by atomic mass is 19.1. The molecule has 0 aliphatic carbocycles. The van der Waals surface area contributed by atoms with E-state index in [0.29, 0.717) is 0 Å². The largest absolute Gasteiger partial charge is 0.393 e. The number of halogens is 1. The Morgan fingerprint density at radius 1 is 1.31 bits per heavy atom. The van der Waals surface area contributed by atoms with Crippen LogP contribution in [0, 0.1) is 5.82 Å². The van der Waals surface area contributed by atoms with Crippen molar-refractivity contribution < 1.29 is 9.50 Å². The molecule has 1 aromatic rings. The van der Waals surface area contributed by atoms with Gasteiger partial charge in [-0.2, -0.15) is 0 Å². The lowest BCUT2D eigenvalue weighted by atomic mass is 9.92. The van der Waals surface area contributed by atoms with E-state index in [1.807, 2.05) is 6.92 Å². The van der Waals surface area contributed by atoms with Crippen LogP contribution in [0.1, 0.15) is 31.7 Å². The average molecular weight is 182 g/mol. The Morgan fingerprint density at radius 3 is 2.23 bits per heavy atom. The summed E-state index contributed by atoms with van der Waals surface area (Å²) in [6.07, 6.45) is 0.485. The second kappa shape index (κ2) is 4.38. The molecule has 0 amide bonds. The van der Waals surface area contributed by atoms with Crippen molar-refractivity contribution in [3.05, 3.63) is 35.6 Å². The molecule has 0 bridgehead atoms. The number of rotatable bonds is 3. The summed E-state index contributed by atoms with van der Waals surface area (Å²) >= 11 is 0. The van der Waals surface area contributed by atoms with E-state index in [1.165, 1.54) is 12.1 Å². The summed E-state index contributed by atoms with van der Waals surface area (Å²) < 4.78 is 12.6. The van der Waals surface area contributed by atoms with E-state index in [4.69, 9.17) is 0 Å². The number of hydrogen-bond acceptors (Lipinski definition) is 1. The van der Waals surface area contributed by atoms with Gasteiger partial charge in [0, 0.05) is 5.92 Å². The maximum atomic E-state index is 12.6. The molecule has 0 fully saturated rings. The van der Waals surface area contributed by atoms with Crippen LogP contribution in [0.25, 0.3) is 0 Å². The molecule has 1 aromatic carbocycles. The first-order valence-electron chi connectivity index (χ1n) is 4.58. The van der Waals surface area contributed by atoms with Crippen LogP contribution in [0.15, 0.2) is 24.3 Å². The van der Waals surface area contributed by atoms with Crippen LogP contribution < -0.4 is 0 Å². The summed E-state index contributed by atoms with van der Waals surface area (Å²) in [5.41, 5.74) is 0.999. The molecule has 1 rings (SSSR count). The highest BCUT2D eigenvalue weighted by molar-refractivity contribution is 5.21. The van der Waals surface area contributed by atoms with Gasteiger partial charge in [-0.15, -0.1) is 0 Å². The molecule has 13 heavy (non-hydrogen) atoms. The summed E-state index contributed by atoms with van der Waals surface area (Å²) in [5.74, 6) is -0.121. The van der Waals surface area contributed by atoms with Gasteiger partial charge in [0.1, 0.15) is 5.82 Å². The van der Waals surface area contributed by atoms with E-state index >= 15 is 0 Å². The summed E-state index contributed by atoms with van der Waals surface area (Å²) in [5, 5.41) is 9.44. The first-order valence-corrected chi connectivity index (χ1v) is 4.58. The van der Waals surface area contributed by atoms with Gasteiger partial charge in [-0.3, -0.25) is 0 Å². The first kappa shape index (κ1) is 10.2. The van der Waals surface area contributed by atoms with Crippen molar-refractivity contribution in [3.63, 3.8) is 0 Å². The van der Waals surface area contributed by atoms with Gasteiger partial charge in [-0.1, -0.05) is 19.1 Å². The van der Waals surface area contributed by atoms with Gasteiger partial charge in [-0.25, -0.2) is 4.39 Å². The Labute approximate surface area is 78.2 Å². The molecular weight excluding hydrogens is 167 g/mol. The van der Waals surface area contributed by atoms with E-state index in [1.54, 1.807) is 19.1 Å². The van der Waals surface area contributed by atoms with Crippen molar-refractivity contribution in [1.29, 1.82) is 0 Å². The minimum Gasteiger partial charge on any atom is -0.393 e. The fourth-order valence-corrected chi connectivity index (χ4v) is 1.57. The topological polar surface area (TPSA) is 20.2 Å². The third kappa shape index (κ3) is 2.52. The molecule has 1 N–H and O–H groups in total. The second-order valence-corrected chi connectivity index (χ2v) is 3.31. The number of benzene rings is 1. The third-order valence-corrected chi connectivity index (χ3v) is 2.32. The van der Waals surface area contributed by atoms with Gasteiger partial charge in [0.2, 0.25) is 0 Å². The van der Waals surface area contributed by atoms with E-state index in [-0.39, 0.29) is 17.8 Å². The van der Waals surface area contributed by atoms with Crippen molar-refractivity contribution in [1.82, 2.24) is 0 Å². The summed E-state index contributed by atoms with van der Waals surface area (Å²) in [7, 11) is 0. The van der Waals surface area contributed by atoms with Crippen LogP contribution in [0.3, 0.4) is 0 Å². The summed E-state index contributed by atoms with van der Waals surface area (Å²) in [4.78, 5) is 0. The minimum atomic E-state index is -0.379. The Balaban J connectivity index is 2.86. The third-order valence-electron chi connectivity index (χ3n) is 2.32. The standard InChI is InChI=1S/C11H15FO/c1-3-11(8(2)13)9-4-6-10(12)7-5-9/h4-8,11,13H,3H2,1-2H3. The SMILES string of the molecule is CCC(c1ccc(F)cc1)C(C)O. The predicted octanol–water partition coefficient (Wildman–Crippen LogP) is 2.70. The molecule has 0 aliphatic rings. The molecule has 2 atom stereocenters. The zero-order valence-corrected chi connectivity index (χ0v) is 8.00. The van der Waals surface area contributed by atoms with Crippen molar-refractivity contribution in [3.8, 4) is 0 Å². The Morgan fingerprint density at radius 2 is 1.85 bits per heavy atom. The molecular formula is C11H15FO. The van der Waals surface area contributed by atoms with Crippen LogP contribution >= 0.6 is 0 Å². The van der Waals surface area contributed by atoms with Gasteiger partial charge in [0.25, 0.3) is 0 Å². The van der Waals surface area contributed by atoms with Crippen molar-refractivity contribution in [2.45, 2.75) is 32.3 Å². The highest BCUT2D eigenvalue weighted by Crippen LogP contribution is 2.23. The number of aliphatic hydroxyl groups excluding tert-OH is 1. The second-order valence-electron chi connectivity index (χ2n) is 3.31. The molecule has 1 nitrogen and oxygen atoms in total. The quantitative estimate of drug-likeness (QED) is 0.762. The molecule has 0 heterocycles. The molecule has 0 radical (unpaired) electrons. The molecule has 0 saturated carbocycles. The lowest BCUT2D eigenvalue weighted by Gasteiger charge is -2.18. The van der Waals surface area contributed by atoms with Gasteiger partial charge in [0.15, 0.2) is 0 Å². The first-order chi connectivity index (χ1) is 6.15. The number of aliphatic hydroxyl groups is 1. The molecule has 0 aliphatic heterocycles. The molecule has 0 spiro atoms. The van der Waals surface area contributed by atoms with Crippen LogP contribution in [0.4, 0.5) is 4.39 Å². The zero-order chi connectivity index (χ0) is 9.84. The summed E-state index contributed by atoms with van der Waals surface area (Å²) in [6.45, 7) is 3.78. The molecule has 2 unspecified atom stereocenters. The van der Waals surface area contributed by atoms with E-state index in [9.17, 15) is 9.50 Å². The zero-order valence-electron chi connectivity index (χ0n) is 8.00. The van der Waals surface area contributed by atoms with Gasteiger partial charge in [0.05, 0.1) is 6.10 Å². The van der Waals surface area contributed by atoms with Crippen LogP contribution in [0.5, 0.6) is 0 Å². The molecule has 72 valence electrons. The fourth-order valence-electron chi connectivity index (χ4n) is 1.57. The van der Waals surface area contributed by atoms with Crippen molar-refractivity contribution >= 4 is 0 Å². The monoisotopic (exact) mass is 182 g/mol. The average Bonchev–Trinajstić information content (AvgIpc) is 2.09. The van der Waals surface area contributed by atoms with Crippen LogP contribution in [-0.4, -0.2) is 11.2 Å². The van der Waals surface area contributed by atoms with Crippen LogP contribution in [0.2, 0.25) is 0 Å². The van der Waals surface area contributed by atoms with E-state index < -0.39 is 0 Å². The Hall–Kier alpha value is -0.890. The Bertz CT molecular complexity index is 253. The minimum absolute atomic E-state index is 0.112. The Kier molecular flexibility index (Phi) is 3.43. The lowest BCUT2D eigenvalue weighted by molar-refractivity contribution is 0.159.